The summed E-state index contributed by atoms with van der Waals surface area (Å²) in [7, 11) is -5.19. The molecule has 1 saturated heterocycles. The van der Waals surface area contributed by atoms with Crippen LogP contribution in [0.5, 0.6) is 0 Å². The Hall–Kier alpha value is -0.320. The summed E-state index contributed by atoms with van der Waals surface area (Å²) in [6, 6.07) is 0. The first-order chi connectivity index (χ1) is 13.9. The van der Waals surface area contributed by atoms with E-state index in [-0.39, 0.29) is 6.61 Å². The molecule has 1 aliphatic rings. The lowest BCUT2D eigenvalue weighted by Crippen LogP contribution is -2.40. The average Bonchev–Trinajstić information content (AvgIpc) is 2.97. The summed E-state index contributed by atoms with van der Waals surface area (Å²) in [5.41, 5.74) is 0. The maximum atomic E-state index is 13.2. The zero-order chi connectivity index (χ0) is 21.5. The third-order valence-electron chi connectivity index (χ3n) is 4.77. The number of rotatable bonds is 18. The van der Waals surface area contributed by atoms with E-state index in [0.29, 0.717) is 19.8 Å². The van der Waals surface area contributed by atoms with Gasteiger partial charge in [0, 0.05) is 19.8 Å². The second kappa shape index (κ2) is 15.5. The Balaban J connectivity index is 2.76. The van der Waals surface area contributed by atoms with Gasteiger partial charge in [-0.1, -0.05) is 63.2 Å². The summed E-state index contributed by atoms with van der Waals surface area (Å²) < 4.78 is 63.0. The second-order valence-electron chi connectivity index (χ2n) is 7.40. The van der Waals surface area contributed by atoms with Crippen LogP contribution in [-0.2, 0) is 33.6 Å². The summed E-state index contributed by atoms with van der Waals surface area (Å²) in [6.45, 7) is 7.95. The number of hydrogen-bond acceptors (Lipinski definition) is 7. The van der Waals surface area contributed by atoms with E-state index in [9.17, 15) is 12.3 Å². The highest BCUT2D eigenvalue weighted by molar-refractivity contribution is 7.81. The molecule has 1 aliphatic heterocycles. The van der Waals surface area contributed by atoms with Crippen LogP contribution in [0.25, 0.3) is 0 Å². The van der Waals surface area contributed by atoms with Crippen LogP contribution < -0.4 is 0 Å². The van der Waals surface area contributed by atoms with E-state index in [4.69, 9.17) is 18.9 Å². The predicted molar refractivity (Wildman–Crippen MR) is 109 cm³/mol. The van der Waals surface area contributed by atoms with E-state index < -0.39 is 35.1 Å². The van der Waals surface area contributed by atoms with E-state index >= 15 is 0 Å². The number of halogens is 1. The first-order valence-corrected chi connectivity index (χ1v) is 12.3. The number of ether oxygens (including phenoxy) is 4. The molecule has 0 unspecified atom stereocenters. The van der Waals surface area contributed by atoms with Crippen LogP contribution in [-0.4, -0.2) is 59.4 Å². The highest BCUT2D eigenvalue weighted by Crippen LogP contribution is 2.30. The molecule has 29 heavy (non-hydrogen) atoms. The Bertz CT molecular complexity index is 503. The molecule has 0 aromatic rings. The molecule has 1 rings (SSSR count). The quantitative estimate of drug-likeness (QED) is 0.231. The molecule has 0 radical (unpaired) electrons. The van der Waals surface area contributed by atoms with Gasteiger partial charge in [-0.2, -0.15) is 8.42 Å². The van der Waals surface area contributed by atoms with Gasteiger partial charge in [0.05, 0.1) is 6.61 Å². The van der Waals surface area contributed by atoms with Gasteiger partial charge < -0.3 is 18.9 Å². The first kappa shape index (κ1) is 26.7. The van der Waals surface area contributed by atoms with E-state index in [0.717, 1.165) is 57.8 Å². The maximum Gasteiger partial charge on any atom is 0.440 e. The standard InChI is InChI=1S/C20H39FO7S/c1-4-7-10-13-24-16-17-18(25-14-11-8-5-2)19(26-15-12-9-6-3)20(27-17)28-29(21,22)23/h17-20H,4-16H2,1-3H3/t17-,18-,19-,20+/m1/s1. The lowest BCUT2D eigenvalue weighted by molar-refractivity contribution is -0.134. The molecule has 0 aliphatic carbocycles. The van der Waals surface area contributed by atoms with Crippen LogP contribution >= 0.6 is 0 Å². The molecule has 4 atom stereocenters. The monoisotopic (exact) mass is 442 g/mol. The number of unbranched alkanes of at least 4 members (excludes halogenated alkanes) is 6. The maximum absolute atomic E-state index is 13.2. The average molecular weight is 443 g/mol. The van der Waals surface area contributed by atoms with Gasteiger partial charge in [-0.15, -0.1) is 0 Å². The fourth-order valence-electron chi connectivity index (χ4n) is 3.19. The molecule has 9 heteroatoms. The molecule has 1 fully saturated rings. The lowest BCUT2D eigenvalue weighted by atomic mass is 10.1. The van der Waals surface area contributed by atoms with Gasteiger partial charge in [0.25, 0.3) is 0 Å². The molecular formula is C20H39FO7S. The van der Waals surface area contributed by atoms with Crippen LogP contribution in [0.3, 0.4) is 0 Å². The van der Waals surface area contributed by atoms with Gasteiger partial charge in [0.1, 0.15) is 18.3 Å². The molecule has 0 N–H and O–H groups in total. The van der Waals surface area contributed by atoms with Gasteiger partial charge in [0.2, 0.25) is 6.29 Å². The SMILES string of the molecule is CCCCCOC[C@H]1O[C@@H](OS(=O)(=O)F)[C@H](OCCCCC)[C@@H]1OCCCCC. The molecule has 0 aromatic carbocycles. The minimum Gasteiger partial charge on any atom is -0.379 e. The van der Waals surface area contributed by atoms with Crippen molar-refractivity contribution in [3.63, 3.8) is 0 Å². The molecule has 0 spiro atoms. The number of hydrogen-bond donors (Lipinski definition) is 0. The zero-order valence-electron chi connectivity index (χ0n) is 18.1. The molecule has 174 valence electrons. The van der Waals surface area contributed by atoms with Gasteiger partial charge in [0.15, 0.2) is 0 Å². The Morgan fingerprint density at radius 3 is 1.83 bits per heavy atom. The van der Waals surface area contributed by atoms with E-state index in [1.807, 2.05) is 0 Å². The summed E-state index contributed by atoms with van der Waals surface area (Å²) in [6.07, 6.45) is 5.46. The summed E-state index contributed by atoms with van der Waals surface area (Å²) in [4.78, 5) is 0. The third-order valence-corrected chi connectivity index (χ3v) is 5.19. The van der Waals surface area contributed by atoms with Gasteiger partial charge >= 0.3 is 10.5 Å². The van der Waals surface area contributed by atoms with Crippen molar-refractivity contribution in [2.75, 3.05) is 26.4 Å². The fraction of sp³-hybridized carbons (Fsp3) is 1.00. The smallest absolute Gasteiger partial charge is 0.379 e. The highest BCUT2D eigenvalue weighted by atomic mass is 32.3. The molecule has 0 amide bonds. The predicted octanol–water partition coefficient (Wildman–Crippen LogP) is 4.30. The van der Waals surface area contributed by atoms with Crippen LogP contribution in [0.4, 0.5) is 3.89 Å². The molecule has 7 nitrogen and oxygen atoms in total. The van der Waals surface area contributed by atoms with E-state index in [1.165, 1.54) is 0 Å². The minimum atomic E-state index is -5.19. The van der Waals surface area contributed by atoms with Crippen molar-refractivity contribution < 1.29 is 35.4 Å². The first-order valence-electron chi connectivity index (χ1n) is 11.0. The van der Waals surface area contributed by atoms with Crippen LogP contribution in [0.15, 0.2) is 0 Å². The normalized spacial score (nSPS) is 25.0. The zero-order valence-corrected chi connectivity index (χ0v) is 19.0. The molecule has 0 saturated carbocycles. The summed E-state index contributed by atoms with van der Waals surface area (Å²) >= 11 is 0. The second-order valence-corrected chi connectivity index (χ2v) is 8.38. The molecular weight excluding hydrogens is 403 g/mol. The van der Waals surface area contributed by atoms with Crippen LogP contribution in [0.1, 0.15) is 78.6 Å². The van der Waals surface area contributed by atoms with Crippen molar-refractivity contribution in [2.24, 2.45) is 0 Å². The van der Waals surface area contributed by atoms with Crippen molar-refractivity contribution in [2.45, 2.75) is 103 Å². The molecule has 1 heterocycles. The molecule has 0 aromatic heterocycles. The van der Waals surface area contributed by atoms with Gasteiger partial charge in [-0.25, -0.2) is 4.18 Å². The van der Waals surface area contributed by atoms with E-state index in [2.05, 4.69) is 25.0 Å². The van der Waals surface area contributed by atoms with Gasteiger partial charge in [-0.3, -0.25) is 0 Å². The Kier molecular flexibility index (Phi) is 14.3. The van der Waals surface area contributed by atoms with Gasteiger partial charge in [-0.05, 0) is 19.3 Å². The molecule has 0 bridgehead atoms. The lowest BCUT2D eigenvalue weighted by Gasteiger charge is -2.24. The Morgan fingerprint density at radius 1 is 0.793 bits per heavy atom. The van der Waals surface area contributed by atoms with Crippen molar-refractivity contribution in [3.8, 4) is 0 Å². The Labute approximate surface area is 176 Å². The highest BCUT2D eigenvalue weighted by Gasteiger charge is 2.49. The van der Waals surface area contributed by atoms with Crippen molar-refractivity contribution in [3.05, 3.63) is 0 Å². The van der Waals surface area contributed by atoms with Crippen LogP contribution in [0, 0.1) is 0 Å². The summed E-state index contributed by atoms with van der Waals surface area (Å²) in [5, 5.41) is 0. The van der Waals surface area contributed by atoms with Crippen molar-refractivity contribution >= 4 is 10.5 Å². The Morgan fingerprint density at radius 2 is 1.31 bits per heavy atom. The largest absolute Gasteiger partial charge is 0.440 e. The summed E-state index contributed by atoms with van der Waals surface area (Å²) in [5.74, 6) is 0. The topological polar surface area (TPSA) is 80.3 Å². The van der Waals surface area contributed by atoms with Crippen LogP contribution in [0.2, 0.25) is 0 Å². The third kappa shape index (κ3) is 11.6. The minimum absolute atomic E-state index is 0.211. The van der Waals surface area contributed by atoms with E-state index in [1.54, 1.807) is 0 Å². The van der Waals surface area contributed by atoms with Crippen molar-refractivity contribution in [1.29, 1.82) is 0 Å². The fourth-order valence-corrected chi connectivity index (χ4v) is 3.57. The van der Waals surface area contributed by atoms with Crippen molar-refractivity contribution in [1.82, 2.24) is 0 Å².